The SMILES string of the molecule is COC(CNC(=O)NCCc1ncc[nH]1)CC(=O)O. The lowest BCUT2D eigenvalue weighted by Crippen LogP contribution is -2.41. The minimum Gasteiger partial charge on any atom is -0.481 e. The van der Waals surface area contributed by atoms with Gasteiger partial charge in [-0.1, -0.05) is 0 Å². The summed E-state index contributed by atoms with van der Waals surface area (Å²) in [6.45, 7) is 0.589. The molecule has 1 atom stereocenters. The molecule has 4 N–H and O–H groups in total. The Hall–Kier alpha value is -2.09. The third-order valence-corrected chi connectivity index (χ3v) is 2.43. The van der Waals surface area contributed by atoms with Crippen LogP contribution in [0.5, 0.6) is 0 Å². The molecule has 1 aromatic rings. The number of carbonyl (C=O) groups is 2. The van der Waals surface area contributed by atoms with Gasteiger partial charge in [-0.3, -0.25) is 4.79 Å². The molecule has 0 saturated carbocycles. The number of hydrogen-bond acceptors (Lipinski definition) is 4. The fourth-order valence-electron chi connectivity index (χ4n) is 1.43. The van der Waals surface area contributed by atoms with Crippen molar-refractivity contribution in [1.82, 2.24) is 20.6 Å². The maximum Gasteiger partial charge on any atom is 0.314 e. The third kappa shape index (κ3) is 6.41. The summed E-state index contributed by atoms with van der Waals surface area (Å²) in [6.07, 6.45) is 3.27. The fraction of sp³-hybridized carbons (Fsp3) is 0.545. The number of ether oxygens (including phenoxy) is 1. The Morgan fingerprint density at radius 3 is 2.89 bits per heavy atom. The topological polar surface area (TPSA) is 116 Å². The van der Waals surface area contributed by atoms with Crippen LogP contribution in [0.1, 0.15) is 12.2 Å². The molecule has 8 nitrogen and oxygen atoms in total. The Kier molecular flexibility index (Phi) is 6.37. The van der Waals surface area contributed by atoms with Crippen LogP contribution in [0, 0.1) is 0 Å². The summed E-state index contributed by atoms with van der Waals surface area (Å²) in [5, 5.41) is 13.8. The molecule has 0 aliphatic carbocycles. The molecule has 1 unspecified atom stereocenters. The van der Waals surface area contributed by atoms with Crippen molar-refractivity contribution in [2.45, 2.75) is 18.9 Å². The lowest BCUT2D eigenvalue weighted by molar-refractivity contribution is -0.139. The number of urea groups is 1. The van der Waals surface area contributed by atoms with Gasteiger partial charge in [-0.25, -0.2) is 9.78 Å². The molecule has 0 radical (unpaired) electrons. The predicted molar refractivity (Wildman–Crippen MR) is 66.7 cm³/mol. The van der Waals surface area contributed by atoms with Crippen molar-refractivity contribution in [3.8, 4) is 0 Å². The Morgan fingerprint density at radius 2 is 2.32 bits per heavy atom. The Labute approximate surface area is 110 Å². The summed E-state index contributed by atoms with van der Waals surface area (Å²) in [5.74, 6) is -0.173. The van der Waals surface area contributed by atoms with Gasteiger partial charge in [0.15, 0.2) is 0 Å². The van der Waals surface area contributed by atoms with E-state index in [0.29, 0.717) is 13.0 Å². The van der Waals surface area contributed by atoms with Crippen LogP contribution in [0.3, 0.4) is 0 Å². The molecule has 0 fully saturated rings. The molecule has 8 heteroatoms. The molecule has 0 spiro atoms. The van der Waals surface area contributed by atoms with Gasteiger partial charge in [0, 0.05) is 39.0 Å². The minimum atomic E-state index is -0.966. The first-order chi connectivity index (χ1) is 9.11. The highest BCUT2D eigenvalue weighted by molar-refractivity contribution is 5.74. The molecule has 0 saturated heterocycles. The summed E-state index contributed by atoms with van der Waals surface area (Å²) in [6, 6.07) is -0.362. The zero-order valence-electron chi connectivity index (χ0n) is 10.7. The highest BCUT2D eigenvalue weighted by Crippen LogP contribution is 1.95. The predicted octanol–water partition coefficient (Wildman–Crippen LogP) is -0.259. The van der Waals surface area contributed by atoms with Crippen LogP contribution < -0.4 is 10.6 Å². The number of carboxylic acids is 1. The van der Waals surface area contributed by atoms with Crippen molar-refractivity contribution < 1.29 is 19.4 Å². The van der Waals surface area contributed by atoms with E-state index in [1.165, 1.54) is 7.11 Å². The van der Waals surface area contributed by atoms with Crippen molar-refractivity contribution in [3.05, 3.63) is 18.2 Å². The zero-order valence-corrected chi connectivity index (χ0v) is 10.7. The number of carboxylic acid groups (broad SMARTS) is 1. The number of rotatable bonds is 8. The second kappa shape index (κ2) is 8.09. The molecule has 106 valence electrons. The lowest BCUT2D eigenvalue weighted by Gasteiger charge is -2.14. The summed E-state index contributed by atoms with van der Waals surface area (Å²) < 4.78 is 4.94. The third-order valence-electron chi connectivity index (χ3n) is 2.43. The van der Waals surface area contributed by atoms with E-state index >= 15 is 0 Å². The number of H-pyrrole nitrogens is 1. The standard InChI is InChI=1S/C11H18N4O4/c1-19-8(6-10(16)17)7-15-11(18)14-3-2-9-12-4-5-13-9/h4-5,8H,2-3,6-7H2,1H3,(H,12,13)(H,16,17)(H2,14,15,18). The van der Waals surface area contributed by atoms with Crippen LogP contribution in [0.25, 0.3) is 0 Å². The highest BCUT2D eigenvalue weighted by atomic mass is 16.5. The Morgan fingerprint density at radius 1 is 1.53 bits per heavy atom. The van der Waals surface area contributed by atoms with E-state index in [0.717, 1.165) is 5.82 Å². The number of carbonyl (C=O) groups excluding carboxylic acids is 1. The van der Waals surface area contributed by atoms with Gasteiger partial charge < -0.3 is 25.5 Å². The summed E-state index contributed by atoms with van der Waals surface area (Å²) in [7, 11) is 1.41. The molecule has 0 aliphatic rings. The first-order valence-corrected chi connectivity index (χ1v) is 5.86. The van der Waals surface area contributed by atoms with Gasteiger partial charge >= 0.3 is 12.0 Å². The van der Waals surface area contributed by atoms with Gasteiger partial charge in [0.2, 0.25) is 0 Å². The van der Waals surface area contributed by atoms with E-state index in [4.69, 9.17) is 9.84 Å². The van der Waals surface area contributed by atoms with E-state index in [1.807, 2.05) is 0 Å². The number of amides is 2. The van der Waals surface area contributed by atoms with Gasteiger partial charge in [-0.2, -0.15) is 0 Å². The summed E-state index contributed by atoms with van der Waals surface area (Å²) >= 11 is 0. The van der Waals surface area contributed by atoms with Gasteiger partial charge in [0.1, 0.15) is 5.82 Å². The normalized spacial score (nSPS) is 11.8. The number of nitrogens with one attached hydrogen (secondary N) is 3. The minimum absolute atomic E-state index is 0.148. The molecule has 0 bridgehead atoms. The number of aromatic nitrogens is 2. The molecule has 1 rings (SSSR count). The molecular formula is C11H18N4O4. The van der Waals surface area contributed by atoms with Crippen LogP contribution >= 0.6 is 0 Å². The molecule has 2 amide bonds. The highest BCUT2D eigenvalue weighted by Gasteiger charge is 2.13. The van der Waals surface area contributed by atoms with Gasteiger partial charge in [0.25, 0.3) is 0 Å². The van der Waals surface area contributed by atoms with Crippen molar-refractivity contribution in [2.75, 3.05) is 20.2 Å². The van der Waals surface area contributed by atoms with Gasteiger partial charge in [0.05, 0.1) is 12.5 Å². The number of aromatic amines is 1. The summed E-state index contributed by atoms with van der Waals surface area (Å²) in [4.78, 5) is 28.9. The lowest BCUT2D eigenvalue weighted by atomic mass is 10.2. The van der Waals surface area contributed by atoms with Crippen molar-refractivity contribution >= 4 is 12.0 Å². The smallest absolute Gasteiger partial charge is 0.314 e. The average molecular weight is 270 g/mol. The second-order valence-electron chi connectivity index (χ2n) is 3.88. The number of aliphatic carboxylic acids is 1. The molecular weight excluding hydrogens is 252 g/mol. The van der Waals surface area contributed by atoms with Crippen molar-refractivity contribution in [3.63, 3.8) is 0 Å². The fourth-order valence-corrected chi connectivity index (χ4v) is 1.43. The molecule has 1 aromatic heterocycles. The van der Waals surface area contributed by atoms with Gasteiger partial charge in [-0.15, -0.1) is 0 Å². The Bertz CT molecular complexity index is 393. The quantitative estimate of drug-likeness (QED) is 0.519. The van der Waals surface area contributed by atoms with E-state index in [2.05, 4.69) is 20.6 Å². The van der Waals surface area contributed by atoms with E-state index in [9.17, 15) is 9.59 Å². The largest absolute Gasteiger partial charge is 0.481 e. The first kappa shape index (κ1) is 15.0. The second-order valence-corrected chi connectivity index (χ2v) is 3.88. The number of imidazole rings is 1. The van der Waals surface area contributed by atoms with Crippen LogP contribution in [-0.4, -0.2) is 53.4 Å². The van der Waals surface area contributed by atoms with E-state index in [1.54, 1.807) is 12.4 Å². The monoisotopic (exact) mass is 270 g/mol. The van der Waals surface area contributed by atoms with Crippen LogP contribution in [-0.2, 0) is 16.0 Å². The van der Waals surface area contributed by atoms with Crippen LogP contribution in [0.2, 0.25) is 0 Å². The zero-order chi connectivity index (χ0) is 14.1. The van der Waals surface area contributed by atoms with Crippen LogP contribution in [0.15, 0.2) is 12.4 Å². The van der Waals surface area contributed by atoms with Crippen molar-refractivity contribution in [1.29, 1.82) is 0 Å². The van der Waals surface area contributed by atoms with E-state index < -0.39 is 12.1 Å². The van der Waals surface area contributed by atoms with Crippen molar-refractivity contribution in [2.24, 2.45) is 0 Å². The average Bonchev–Trinajstić information content (AvgIpc) is 2.87. The van der Waals surface area contributed by atoms with E-state index in [-0.39, 0.29) is 19.0 Å². The Balaban J connectivity index is 2.14. The molecule has 0 aromatic carbocycles. The summed E-state index contributed by atoms with van der Waals surface area (Å²) in [5.41, 5.74) is 0. The number of nitrogens with zero attached hydrogens (tertiary/aromatic N) is 1. The number of methoxy groups -OCH3 is 1. The molecule has 19 heavy (non-hydrogen) atoms. The van der Waals surface area contributed by atoms with Crippen LogP contribution in [0.4, 0.5) is 4.79 Å². The number of hydrogen-bond donors (Lipinski definition) is 4. The molecule has 1 heterocycles. The molecule has 0 aliphatic heterocycles. The van der Waals surface area contributed by atoms with Gasteiger partial charge in [-0.05, 0) is 0 Å². The maximum atomic E-state index is 11.4. The first-order valence-electron chi connectivity index (χ1n) is 5.86. The maximum absolute atomic E-state index is 11.4.